The highest BCUT2D eigenvalue weighted by atomic mass is 16.5. The Morgan fingerprint density at radius 1 is 1.12 bits per heavy atom. The summed E-state index contributed by atoms with van der Waals surface area (Å²) < 4.78 is 5.43. The van der Waals surface area contributed by atoms with E-state index in [1.807, 2.05) is 6.07 Å². The van der Waals surface area contributed by atoms with E-state index in [1.165, 1.54) is 22.2 Å². The molecule has 3 aromatic rings. The number of benzene rings is 2. The van der Waals surface area contributed by atoms with E-state index in [9.17, 15) is 0 Å². The number of anilines is 1. The van der Waals surface area contributed by atoms with Gasteiger partial charge in [0.2, 0.25) is 0 Å². The molecule has 2 aromatic carbocycles. The van der Waals surface area contributed by atoms with Crippen LogP contribution in [0, 0.1) is 6.92 Å². The number of fused-ring (bicyclic) bond motifs is 3. The van der Waals surface area contributed by atoms with E-state index in [0.717, 1.165) is 42.9 Å². The largest absolute Gasteiger partial charge is 0.497 e. The first kappa shape index (κ1) is 15.0. The van der Waals surface area contributed by atoms with Gasteiger partial charge in [0.05, 0.1) is 18.3 Å². The molecule has 122 valence electrons. The Balaban J connectivity index is 1.72. The Morgan fingerprint density at radius 2 is 1.96 bits per heavy atom. The molecule has 1 aliphatic rings. The molecule has 0 fully saturated rings. The zero-order valence-corrected chi connectivity index (χ0v) is 14.2. The molecule has 0 N–H and O–H groups in total. The summed E-state index contributed by atoms with van der Waals surface area (Å²) in [5.41, 5.74) is 6.35. The predicted molar refractivity (Wildman–Crippen MR) is 99.1 cm³/mol. The van der Waals surface area contributed by atoms with Crippen LogP contribution in [0.15, 0.2) is 48.5 Å². The molecule has 0 bridgehead atoms. The Kier molecular flexibility index (Phi) is 3.85. The second-order valence-corrected chi connectivity index (χ2v) is 6.38. The van der Waals surface area contributed by atoms with Crippen LogP contribution < -0.4 is 9.64 Å². The summed E-state index contributed by atoms with van der Waals surface area (Å²) in [4.78, 5) is 7.31. The number of aromatic nitrogens is 1. The van der Waals surface area contributed by atoms with Gasteiger partial charge in [-0.15, -0.1) is 0 Å². The number of hydrogen-bond acceptors (Lipinski definition) is 3. The summed E-state index contributed by atoms with van der Waals surface area (Å²) in [6.45, 7) is 4.23. The van der Waals surface area contributed by atoms with Crippen molar-refractivity contribution < 1.29 is 4.74 Å². The molecule has 0 saturated carbocycles. The maximum Gasteiger partial charge on any atom is 0.119 e. The zero-order chi connectivity index (χ0) is 16.5. The molecule has 1 aliphatic heterocycles. The molecule has 0 aliphatic carbocycles. The van der Waals surface area contributed by atoms with Crippen molar-refractivity contribution in [2.45, 2.75) is 19.8 Å². The molecule has 0 radical (unpaired) electrons. The molecule has 0 unspecified atom stereocenters. The van der Waals surface area contributed by atoms with Gasteiger partial charge in [0.15, 0.2) is 0 Å². The van der Waals surface area contributed by atoms with Crippen molar-refractivity contribution in [1.29, 1.82) is 0 Å². The molecular weight excluding hydrogens is 296 g/mol. The number of ether oxygens (including phenoxy) is 1. The minimum absolute atomic E-state index is 0.894. The van der Waals surface area contributed by atoms with Gasteiger partial charge in [0.25, 0.3) is 0 Å². The highest BCUT2D eigenvalue weighted by Gasteiger charge is 2.24. The molecule has 0 amide bonds. The van der Waals surface area contributed by atoms with Gasteiger partial charge < -0.3 is 9.64 Å². The second-order valence-electron chi connectivity index (χ2n) is 6.38. The lowest BCUT2D eigenvalue weighted by molar-refractivity contribution is 0.415. The highest BCUT2D eigenvalue weighted by Crippen LogP contribution is 2.38. The molecule has 2 heterocycles. The van der Waals surface area contributed by atoms with E-state index in [0.29, 0.717) is 0 Å². The van der Waals surface area contributed by atoms with Crippen molar-refractivity contribution in [3.63, 3.8) is 0 Å². The summed E-state index contributed by atoms with van der Waals surface area (Å²) in [6, 6.07) is 16.9. The third-order valence-electron chi connectivity index (χ3n) is 4.93. The summed E-state index contributed by atoms with van der Waals surface area (Å²) in [5.74, 6) is 0.894. The number of aryl methyl sites for hydroxylation is 1. The van der Waals surface area contributed by atoms with Gasteiger partial charge in [-0.1, -0.05) is 30.3 Å². The minimum Gasteiger partial charge on any atom is -0.497 e. The lowest BCUT2D eigenvalue weighted by Gasteiger charge is -2.21. The van der Waals surface area contributed by atoms with E-state index in [1.54, 1.807) is 7.11 Å². The summed E-state index contributed by atoms with van der Waals surface area (Å²) >= 11 is 0. The van der Waals surface area contributed by atoms with Gasteiger partial charge in [-0.2, -0.15) is 0 Å². The summed E-state index contributed by atoms with van der Waals surface area (Å²) in [5, 5.41) is 1.21. The molecule has 4 rings (SSSR count). The van der Waals surface area contributed by atoms with Gasteiger partial charge in [-0.25, -0.2) is 0 Å². The van der Waals surface area contributed by atoms with E-state index < -0.39 is 0 Å². The van der Waals surface area contributed by atoms with Crippen molar-refractivity contribution >= 4 is 16.6 Å². The topological polar surface area (TPSA) is 25.4 Å². The normalized spacial score (nSPS) is 13.3. The quantitative estimate of drug-likeness (QED) is 0.722. The van der Waals surface area contributed by atoms with E-state index in [4.69, 9.17) is 9.72 Å². The average molecular weight is 318 g/mol. The fourth-order valence-electron chi connectivity index (χ4n) is 3.66. The van der Waals surface area contributed by atoms with Gasteiger partial charge >= 0.3 is 0 Å². The molecule has 0 spiro atoms. The van der Waals surface area contributed by atoms with Crippen LogP contribution in [-0.2, 0) is 12.8 Å². The zero-order valence-electron chi connectivity index (χ0n) is 14.2. The molecule has 0 saturated heterocycles. The van der Waals surface area contributed by atoms with E-state index >= 15 is 0 Å². The van der Waals surface area contributed by atoms with Crippen LogP contribution in [0.4, 0.5) is 5.69 Å². The highest BCUT2D eigenvalue weighted by molar-refractivity contribution is 5.96. The first-order chi connectivity index (χ1) is 11.8. The Labute approximate surface area is 142 Å². The standard InChI is InChI=1S/C21H22N2O/c1-15-18-11-13-23(12-10-16-6-4-3-5-7-16)21(18)19-14-17(24-2)8-9-20(19)22-15/h3-9,14H,10-13H2,1-2H3. The predicted octanol–water partition coefficient (Wildman–Crippen LogP) is 4.16. The first-order valence-corrected chi connectivity index (χ1v) is 8.52. The minimum atomic E-state index is 0.894. The third-order valence-corrected chi connectivity index (χ3v) is 4.93. The molecule has 24 heavy (non-hydrogen) atoms. The number of pyridine rings is 1. The van der Waals surface area contributed by atoms with Gasteiger partial charge in [-0.3, -0.25) is 4.98 Å². The van der Waals surface area contributed by atoms with Crippen LogP contribution in [0.25, 0.3) is 10.9 Å². The molecule has 1 aromatic heterocycles. The number of rotatable bonds is 4. The molecule has 3 heteroatoms. The third kappa shape index (κ3) is 2.60. The van der Waals surface area contributed by atoms with Crippen molar-refractivity contribution in [3.05, 3.63) is 65.4 Å². The lowest BCUT2D eigenvalue weighted by atomic mass is 10.1. The van der Waals surface area contributed by atoms with Crippen LogP contribution in [-0.4, -0.2) is 25.2 Å². The van der Waals surface area contributed by atoms with Crippen LogP contribution in [0.5, 0.6) is 5.75 Å². The van der Waals surface area contributed by atoms with Crippen molar-refractivity contribution in [1.82, 2.24) is 4.98 Å². The fourth-order valence-corrected chi connectivity index (χ4v) is 3.66. The number of hydrogen-bond donors (Lipinski definition) is 0. The van der Waals surface area contributed by atoms with E-state index in [-0.39, 0.29) is 0 Å². The second kappa shape index (κ2) is 6.16. The SMILES string of the molecule is COc1ccc2nc(C)c3c(c2c1)N(CCc1ccccc1)CC3. The Bertz CT molecular complexity index is 874. The average Bonchev–Trinajstić information content (AvgIpc) is 3.06. The van der Waals surface area contributed by atoms with Gasteiger partial charge in [-0.05, 0) is 49.1 Å². The van der Waals surface area contributed by atoms with Crippen molar-refractivity contribution in [2.24, 2.45) is 0 Å². The van der Waals surface area contributed by atoms with Crippen molar-refractivity contribution in [3.8, 4) is 5.75 Å². The van der Waals surface area contributed by atoms with Gasteiger partial charge in [0, 0.05) is 24.2 Å². The smallest absolute Gasteiger partial charge is 0.119 e. The number of nitrogens with zero attached hydrogens (tertiary/aromatic N) is 2. The fraction of sp³-hybridized carbons (Fsp3) is 0.286. The first-order valence-electron chi connectivity index (χ1n) is 8.52. The Morgan fingerprint density at radius 3 is 2.75 bits per heavy atom. The maximum atomic E-state index is 5.43. The lowest BCUT2D eigenvalue weighted by Crippen LogP contribution is -2.23. The van der Waals surface area contributed by atoms with Gasteiger partial charge in [0.1, 0.15) is 5.75 Å². The maximum absolute atomic E-state index is 5.43. The van der Waals surface area contributed by atoms with Crippen LogP contribution in [0.1, 0.15) is 16.8 Å². The molecule has 0 atom stereocenters. The van der Waals surface area contributed by atoms with Crippen LogP contribution in [0.3, 0.4) is 0 Å². The molecular formula is C21H22N2O. The Hall–Kier alpha value is -2.55. The molecule has 3 nitrogen and oxygen atoms in total. The summed E-state index contributed by atoms with van der Waals surface area (Å²) in [6.07, 6.45) is 2.14. The monoisotopic (exact) mass is 318 g/mol. The number of methoxy groups -OCH3 is 1. The van der Waals surface area contributed by atoms with Crippen LogP contribution >= 0.6 is 0 Å². The van der Waals surface area contributed by atoms with Crippen molar-refractivity contribution in [2.75, 3.05) is 25.1 Å². The summed E-state index contributed by atoms with van der Waals surface area (Å²) in [7, 11) is 1.72. The van der Waals surface area contributed by atoms with Crippen LogP contribution in [0.2, 0.25) is 0 Å². The van der Waals surface area contributed by atoms with E-state index in [2.05, 4.69) is 54.3 Å².